The second kappa shape index (κ2) is 6.50. The molecule has 17 heavy (non-hydrogen) atoms. The Balaban J connectivity index is 2.05. The normalized spacial score (nSPS) is 10.4. The summed E-state index contributed by atoms with van der Waals surface area (Å²) in [5, 5.41) is 8.50. The second-order valence-corrected chi connectivity index (χ2v) is 7.87. The lowest BCUT2D eigenvalue weighted by Gasteiger charge is -1.92. The lowest BCUT2D eigenvalue weighted by atomic mass is 10.4. The molecule has 0 aromatic carbocycles. The van der Waals surface area contributed by atoms with Crippen molar-refractivity contribution in [3.8, 4) is 15.8 Å². The minimum atomic E-state index is 0.619. The third-order valence-electron chi connectivity index (χ3n) is 2.06. The van der Waals surface area contributed by atoms with Crippen LogP contribution in [0.4, 0.5) is 0 Å². The summed E-state index contributed by atoms with van der Waals surface area (Å²) >= 11 is 7.21. The van der Waals surface area contributed by atoms with Crippen molar-refractivity contribution in [2.24, 2.45) is 0 Å². The van der Waals surface area contributed by atoms with Gasteiger partial charge in [-0.05, 0) is 30.5 Å². The SMILES string of the molecule is CSc1ccc(-c2ccc(SCCC#N)s2)s1. The molecule has 88 valence electrons. The first-order chi connectivity index (χ1) is 8.33. The van der Waals surface area contributed by atoms with Crippen molar-refractivity contribution in [3.63, 3.8) is 0 Å². The van der Waals surface area contributed by atoms with Crippen molar-refractivity contribution in [1.82, 2.24) is 0 Å². The Labute approximate surface area is 118 Å². The van der Waals surface area contributed by atoms with E-state index in [0.29, 0.717) is 6.42 Å². The fourth-order valence-corrected chi connectivity index (χ4v) is 4.98. The van der Waals surface area contributed by atoms with Crippen LogP contribution in [0.25, 0.3) is 9.75 Å². The summed E-state index contributed by atoms with van der Waals surface area (Å²) in [7, 11) is 0. The van der Waals surface area contributed by atoms with Gasteiger partial charge in [-0.15, -0.1) is 46.2 Å². The van der Waals surface area contributed by atoms with E-state index in [4.69, 9.17) is 5.26 Å². The van der Waals surface area contributed by atoms with Crippen LogP contribution in [0, 0.1) is 11.3 Å². The maximum absolute atomic E-state index is 8.50. The van der Waals surface area contributed by atoms with Crippen molar-refractivity contribution in [2.45, 2.75) is 14.8 Å². The third-order valence-corrected chi connectivity index (χ3v) is 6.74. The van der Waals surface area contributed by atoms with E-state index in [2.05, 4.69) is 36.6 Å². The van der Waals surface area contributed by atoms with Gasteiger partial charge in [-0.1, -0.05) is 0 Å². The van der Waals surface area contributed by atoms with E-state index >= 15 is 0 Å². The van der Waals surface area contributed by atoms with Crippen molar-refractivity contribution in [3.05, 3.63) is 24.3 Å². The molecule has 0 aliphatic carbocycles. The summed E-state index contributed by atoms with van der Waals surface area (Å²) in [5.41, 5.74) is 0. The quantitative estimate of drug-likeness (QED) is 0.559. The van der Waals surface area contributed by atoms with E-state index in [-0.39, 0.29) is 0 Å². The maximum Gasteiger partial charge on any atom is 0.0630 e. The molecule has 2 aromatic heterocycles. The zero-order chi connectivity index (χ0) is 12.1. The average molecular weight is 297 g/mol. The zero-order valence-corrected chi connectivity index (χ0v) is 12.6. The average Bonchev–Trinajstić information content (AvgIpc) is 2.97. The van der Waals surface area contributed by atoms with Crippen molar-refractivity contribution >= 4 is 46.2 Å². The fourth-order valence-electron chi connectivity index (χ4n) is 1.29. The highest BCUT2D eigenvalue weighted by Crippen LogP contribution is 2.39. The molecule has 0 amide bonds. The van der Waals surface area contributed by atoms with E-state index < -0.39 is 0 Å². The van der Waals surface area contributed by atoms with Gasteiger partial charge in [0.05, 0.1) is 14.5 Å². The molecule has 0 radical (unpaired) electrons. The van der Waals surface area contributed by atoms with E-state index in [1.165, 1.54) is 18.2 Å². The van der Waals surface area contributed by atoms with Gasteiger partial charge < -0.3 is 0 Å². The summed E-state index contributed by atoms with van der Waals surface area (Å²) in [4.78, 5) is 2.67. The Bertz CT molecular complexity index is 521. The first kappa shape index (κ1) is 13.0. The molecule has 1 nitrogen and oxygen atoms in total. The van der Waals surface area contributed by atoms with Crippen LogP contribution < -0.4 is 0 Å². The number of rotatable bonds is 5. The first-order valence-electron chi connectivity index (χ1n) is 5.07. The van der Waals surface area contributed by atoms with Crippen molar-refractivity contribution in [2.75, 3.05) is 12.0 Å². The summed E-state index contributed by atoms with van der Waals surface area (Å²) in [6.07, 6.45) is 2.72. The molecule has 0 fully saturated rings. The van der Waals surface area contributed by atoms with Crippen LogP contribution in [0.15, 0.2) is 32.7 Å². The molecule has 0 aliphatic heterocycles. The molecule has 0 atom stereocenters. The molecule has 0 saturated carbocycles. The molecule has 0 saturated heterocycles. The first-order valence-corrected chi connectivity index (χ1v) is 8.91. The number of thioether (sulfide) groups is 2. The highest BCUT2D eigenvalue weighted by molar-refractivity contribution is 8.01. The predicted molar refractivity (Wildman–Crippen MR) is 80.4 cm³/mol. The van der Waals surface area contributed by atoms with Gasteiger partial charge >= 0.3 is 0 Å². The van der Waals surface area contributed by atoms with Crippen LogP contribution in [0.2, 0.25) is 0 Å². The van der Waals surface area contributed by atoms with Gasteiger partial charge in [-0.3, -0.25) is 0 Å². The van der Waals surface area contributed by atoms with Gasteiger partial charge in [0.25, 0.3) is 0 Å². The van der Waals surface area contributed by atoms with Gasteiger partial charge in [0.2, 0.25) is 0 Å². The molecule has 0 bridgehead atoms. The molecule has 5 heteroatoms. The van der Waals surface area contributed by atoms with Crippen molar-refractivity contribution in [1.29, 1.82) is 5.26 Å². The van der Waals surface area contributed by atoms with Crippen LogP contribution in [0.3, 0.4) is 0 Å². The molecule has 0 unspecified atom stereocenters. The van der Waals surface area contributed by atoms with Crippen LogP contribution in [-0.4, -0.2) is 12.0 Å². The van der Waals surface area contributed by atoms with Crippen LogP contribution >= 0.6 is 46.2 Å². The van der Waals surface area contributed by atoms with Crippen LogP contribution in [-0.2, 0) is 0 Å². The third kappa shape index (κ3) is 3.52. The summed E-state index contributed by atoms with van der Waals surface area (Å²) in [6, 6.07) is 10.9. The minimum Gasteiger partial charge on any atom is -0.198 e. The van der Waals surface area contributed by atoms with Gasteiger partial charge in [-0.2, -0.15) is 5.26 Å². The molecule has 2 rings (SSSR count). The standard InChI is InChI=1S/C12H11NS4/c1-14-11-5-3-9(16-11)10-4-6-12(17-10)15-8-2-7-13/h3-6H,2,8H2,1H3. The topological polar surface area (TPSA) is 23.8 Å². The van der Waals surface area contributed by atoms with E-state index in [1.807, 2.05) is 22.7 Å². The number of nitrogens with zero attached hydrogens (tertiary/aromatic N) is 1. The minimum absolute atomic E-state index is 0.619. The summed E-state index contributed by atoms with van der Waals surface area (Å²) in [5.74, 6) is 0.886. The van der Waals surface area contributed by atoms with Gasteiger partial charge in [0.15, 0.2) is 0 Å². The smallest absolute Gasteiger partial charge is 0.0630 e. The fraction of sp³-hybridized carbons (Fsp3) is 0.250. The number of nitriles is 1. The van der Waals surface area contributed by atoms with Crippen molar-refractivity contribution < 1.29 is 0 Å². The molecule has 2 heterocycles. The largest absolute Gasteiger partial charge is 0.198 e. The van der Waals surface area contributed by atoms with Gasteiger partial charge in [0.1, 0.15) is 0 Å². The molecule has 0 spiro atoms. The second-order valence-electron chi connectivity index (χ2n) is 3.20. The highest BCUT2D eigenvalue weighted by Gasteiger charge is 2.06. The monoisotopic (exact) mass is 297 g/mol. The lowest BCUT2D eigenvalue weighted by molar-refractivity contribution is 1.24. The molecular formula is C12H11NS4. The Kier molecular flexibility index (Phi) is 4.99. The lowest BCUT2D eigenvalue weighted by Crippen LogP contribution is -1.71. The number of hydrogen-bond donors (Lipinski definition) is 0. The van der Waals surface area contributed by atoms with Gasteiger partial charge in [0, 0.05) is 21.9 Å². The highest BCUT2D eigenvalue weighted by atomic mass is 32.2. The van der Waals surface area contributed by atoms with Crippen LogP contribution in [0.1, 0.15) is 6.42 Å². The summed E-state index contributed by atoms with van der Waals surface area (Å²) in [6.45, 7) is 0. The van der Waals surface area contributed by atoms with E-state index in [1.54, 1.807) is 23.5 Å². The predicted octanol–water partition coefficient (Wildman–Crippen LogP) is 5.20. The Morgan fingerprint density at radius 3 is 2.35 bits per heavy atom. The van der Waals surface area contributed by atoms with E-state index in [9.17, 15) is 0 Å². The molecular weight excluding hydrogens is 286 g/mol. The Morgan fingerprint density at radius 2 is 1.76 bits per heavy atom. The number of thiophene rings is 2. The molecule has 0 aliphatic rings. The van der Waals surface area contributed by atoms with E-state index in [0.717, 1.165) is 5.75 Å². The molecule has 0 N–H and O–H groups in total. The summed E-state index contributed by atoms with van der Waals surface area (Å²) < 4.78 is 2.65. The molecule has 2 aromatic rings. The number of hydrogen-bond acceptors (Lipinski definition) is 5. The van der Waals surface area contributed by atoms with Gasteiger partial charge in [-0.25, -0.2) is 0 Å². The Hall–Kier alpha value is -0.410. The zero-order valence-electron chi connectivity index (χ0n) is 9.30. The van der Waals surface area contributed by atoms with Crippen LogP contribution in [0.5, 0.6) is 0 Å². The Morgan fingerprint density at radius 1 is 1.12 bits per heavy atom. The maximum atomic E-state index is 8.50.